The summed E-state index contributed by atoms with van der Waals surface area (Å²) in [6.07, 6.45) is 1.94. The quantitative estimate of drug-likeness (QED) is 0.619. The largest absolute Gasteiger partial charge is 0.315 e. The maximum Gasteiger partial charge on any atom is 0.277 e. The van der Waals surface area contributed by atoms with E-state index in [9.17, 15) is 8.42 Å². The molecule has 0 aromatic heterocycles. The molecule has 15 heavy (non-hydrogen) atoms. The van der Waals surface area contributed by atoms with Crippen LogP contribution >= 0.6 is 0 Å². The van der Waals surface area contributed by atoms with Gasteiger partial charge in [0.2, 0.25) is 0 Å². The first-order valence-electron chi connectivity index (χ1n) is 5.47. The molecule has 1 rings (SSSR count). The maximum atomic E-state index is 11.6. The third-order valence-electron chi connectivity index (χ3n) is 2.30. The molecule has 0 aromatic carbocycles. The van der Waals surface area contributed by atoms with Crippen molar-refractivity contribution in [1.29, 1.82) is 0 Å². The molecule has 1 aliphatic heterocycles. The highest BCUT2D eigenvalue weighted by molar-refractivity contribution is 7.87. The van der Waals surface area contributed by atoms with Crippen molar-refractivity contribution in [2.24, 2.45) is 5.92 Å². The number of hydrogen-bond donors (Lipinski definition) is 3. The fourth-order valence-corrected chi connectivity index (χ4v) is 2.77. The third-order valence-corrected chi connectivity index (χ3v) is 3.49. The zero-order chi connectivity index (χ0) is 11.3. The number of piperidine rings is 1. The molecule has 6 heteroatoms. The second-order valence-corrected chi connectivity index (χ2v) is 5.94. The molecular weight excluding hydrogens is 214 g/mol. The lowest BCUT2D eigenvalue weighted by atomic mass is 10.1. The van der Waals surface area contributed by atoms with E-state index in [0.29, 0.717) is 12.5 Å². The maximum absolute atomic E-state index is 11.6. The lowest BCUT2D eigenvalue weighted by Gasteiger charge is -2.23. The van der Waals surface area contributed by atoms with Gasteiger partial charge in [-0.3, -0.25) is 0 Å². The molecule has 1 atom stereocenters. The molecule has 1 fully saturated rings. The van der Waals surface area contributed by atoms with Gasteiger partial charge in [-0.05, 0) is 25.3 Å². The van der Waals surface area contributed by atoms with Gasteiger partial charge in [-0.1, -0.05) is 13.8 Å². The standard InChI is InChI=1S/C9H21N3O2S/c1-8(2)6-11-15(13,14)12-9-4-3-5-10-7-9/h8-12H,3-7H2,1-2H3/t9-/m1/s1. The first kappa shape index (κ1) is 12.9. The van der Waals surface area contributed by atoms with Crippen molar-refractivity contribution in [3.05, 3.63) is 0 Å². The highest BCUT2D eigenvalue weighted by atomic mass is 32.2. The minimum atomic E-state index is -3.32. The molecule has 3 N–H and O–H groups in total. The first-order valence-corrected chi connectivity index (χ1v) is 6.95. The fourth-order valence-electron chi connectivity index (χ4n) is 1.49. The molecule has 1 aliphatic rings. The molecule has 90 valence electrons. The van der Waals surface area contributed by atoms with E-state index in [1.54, 1.807) is 0 Å². The molecule has 0 radical (unpaired) electrons. The predicted molar refractivity (Wildman–Crippen MR) is 60.8 cm³/mol. The van der Waals surface area contributed by atoms with E-state index >= 15 is 0 Å². The minimum Gasteiger partial charge on any atom is -0.315 e. The molecule has 0 aromatic rings. The Morgan fingerprint density at radius 1 is 1.47 bits per heavy atom. The third kappa shape index (κ3) is 5.46. The van der Waals surface area contributed by atoms with Crippen molar-refractivity contribution in [2.75, 3.05) is 19.6 Å². The van der Waals surface area contributed by atoms with Gasteiger partial charge in [-0.25, -0.2) is 4.72 Å². The summed E-state index contributed by atoms with van der Waals surface area (Å²) in [7, 11) is -3.32. The Hall–Kier alpha value is -0.170. The topological polar surface area (TPSA) is 70.2 Å². The Morgan fingerprint density at radius 3 is 2.73 bits per heavy atom. The molecule has 0 bridgehead atoms. The van der Waals surface area contributed by atoms with Gasteiger partial charge in [-0.15, -0.1) is 0 Å². The van der Waals surface area contributed by atoms with Gasteiger partial charge in [0, 0.05) is 19.1 Å². The van der Waals surface area contributed by atoms with Gasteiger partial charge >= 0.3 is 0 Å². The van der Waals surface area contributed by atoms with Crippen LogP contribution in [0.1, 0.15) is 26.7 Å². The molecule has 1 saturated heterocycles. The van der Waals surface area contributed by atoms with Crippen molar-refractivity contribution >= 4 is 10.2 Å². The van der Waals surface area contributed by atoms with Gasteiger partial charge in [0.05, 0.1) is 0 Å². The number of nitrogens with one attached hydrogen (secondary N) is 3. The highest BCUT2D eigenvalue weighted by Crippen LogP contribution is 2.02. The second kappa shape index (κ2) is 5.79. The van der Waals surface area contributed by atoms with Crippen molar-refractivity contribution in [3.63, 3.8) is 0 Å². The summed E-state index contributed by atoms with van der Waals surface area (Å²) >= 11 is 0. The molecular formula is C9H21N3O2S. The summed E-state index contributed by atoms with van der Waals surface area (Å²) in [4.78, 5) is 0. The minimum absolute atomic E-state index is 0.0309. The normalized spacial score (nSPS) is 23.3. The van der Waals surface area contributed by atoms with E-state index in [0.717, 1.165) is 25.9 Å². The Bertz CT molecular complexity index is 271. The second-order valence-electron chi connectivity index (χ2n) is 4.41. The molecule has 0 spiro atoms. The van der Waals surface area contributed by atoms with E-state index in [1.807, 2.05) is 13.8 Å². The van der Waals surface area contributed by atoms with Crippen molar-refractivity contribution < 1.29 is 8.42 Å². The van der Waals surface area contributed by atoms with E-state index in [-0.39, 0.29) is 6.04 Å². The van der Waals surface area contributed by atoms with Crippen molar-refractivity contribution in [3.8, 4) is 0 Å². The molecule has 0 amide bonds. The first-order chi connectivity index (χ1) is 6.99. The monoisotopic (exact) mass is 235 g/mol. The van der Waals surface area contributed by atoms with Crippen LogP contribution in [-0.4, -0.2) is 34.1 Å². The Labute approximate surface area is 92.2 Å². The van der Waals surface area contributed by atoms with Crippen LogP contribution in [0, 0.1) is 5.92 Å². The van der Waals surface area contributed by atoms with Gasteiger partial charge in [-0.2, -0.15) is 13.1 Å². The van der Waals surface area contributed by atoms with Crippen LogP contribution in [0.3, 0.4) is 0 Å². The van der Waals surface area contributed by atoms with Crippen LogP contribution in [0.5, 0.6) is 0 Å². The Kier molecular flexibility index (Phi) is 4.98. The van der Waals surface area contributed by atoms with E-state index in [4.69, 9.17) is 0 Å². The molecule has 1 heterocycles. The average Bonchev–Trinajstić information content (AvgIpc) is 2.16. The molecule has 0 aliphatic carbocycles. The predicted octanol–water partition coefficient (Wildman–Crippen LogP) is -0.182. The van der Waals surface area contributed by atoms with Crippen LogP contribution in [0.15, 0.2) is 0 Å². The van der Waals surface area contributed by atoms with Gasteiger partial charge in [0.25, 0.3) is 10.2 Å². The summed E-state index contributed by atoms with van der Waals surface area (Å²) < 4.78 is 28.3. The van der Waals surface area contributed by atoms with E-state index < -0.39 is 10.2 Å². The zero-order valence-electron chi connectivity index (χ0n) is 9.41. The Morgan fingerprint density at radius 2 is 2.20 bits per heavy atom. The lowest BCUT2D eigenvalue weighted by molar-refractivity contribution is 0.425. The van der Waals surface area contributed by atoms with Crippen LogP contribution in [0.25, 0.3) is 0 Å². The summed E-state index contributed by atoms with van der Waals surface area (Å²) in [5.74, 6) is 0.325. The lowest BCUT2D eigenvalue weighted by Crippen LogP contribution is -2.49. The summed E-state index contributed by atoms with van der Waals surface area (Å²) in [6.45, 7) is 6.14. The van der Waals surface area contributed by atoms with E-state index in [2.05, 4.69) is 14.8 Å². The van der Waals surface area contributed by atoms with Crippen molar-refractivity contribution in [1.82, 2.24) is 14.8 Å². The molecule has 5 nitrogen and oxygen atoms in total. The summed E-state index contributed by atoms with van der Waals surface area (Å²) in [5.41, 5.74) is 0. The fraction of sp³-hybridized carbons (Fsp3) is 1.00. The molecule has 0 saturated carbocycles. The van der Waals surface area contributed by atoms with Gasteiger partial charge in [0.1, 0.15) is 0 Å². The zero-order valence-corrected chi connectivity index (χ0v) is 10.2. The SMILES string of the molecule is CC(C)CNS(=O)(=O)N[C@@H]1CCCNC1. The van der Waals surface area contributed by atoms with Crippen molar-refractivity contribution in [2.45, 2.75) is 32.7 Å². The average molecular weight is 235 g/mol. The number of hydrogen-bond acceptors (Lipinski definition) is 3. The van der Waals surface area contributed by atoms with Crippen LogP contribution < -0.4 is 14.8 Å². The summed E-state index contributed by atoms with van der Waals surface area (Å²) in [5, 5.41) is 3.17. The van der Waals surface area contributed by atoms with Crippen LogP contribution in [0.2, 0.25) is 0 Å². The van der Waals surface area contributed by atoms with Gasteiger partial charge in [0.15, 0.2) is 0 Å². The van der Waals surface area contributed by atoms with Crippen LogP contribution in [0.4, 0.5) is 0 Å². The van der Waals surface area contributed by atoms with Gasteiger partial charge < -0.3 is 5.32 Å². The smallest absolute Gasteiger partial charge is 0.277 e. The number of rotatable bonds is 5. The molecule has 0 unspecified atom stereocenters. The van der Waals surface area contributed by atoms with E-state index in [1.165, 1.54) is 0 Å². The Balaban J connectivity index is 2.34. The highest BCUT2D eigenvalue weighted by Gasteiger charge is 2.19. The van der Waals surface area contributed by atoms with Crippen LogP contribution in [-0.2, 0) is 10.2 Å². The summed E-state index contributed by atoms with van der Waals surface area (Å²) in [6, 6.07) is 0.0309.